The van der Waals surface area contributed by atoms with Crippen molar-refractivity contribution >= 4 is 22.2 Å². The van der Waals surface area contributed by atoms with Gasteiger partial charge in [-0.2, -0.15) is 5.10 Å². The molecule has 2 heterocycles. The lowest BCUT2D eigenvalue weighted by atomic mass is 10.2. The molecule has 1 aromatic carbocycles. The van der Waals surface area contributed by atoms with Crippen molar-refractivity contribution in [3.63, 3.8) is 0 Å². The number of aromatic nitrogens is 3. The first-order valence-corrected chi connectivity index (χ1v) is 7.86. The first kappa shape index (κ1) is 15.2. The maximum absolute atomic E-state index is 12.1. The second kappa shape index (κ2) is 6.17. The van der Waals surface area contributed by atoms with Crippen LogP contribution in [-0.4, -0.2) is 16.0 Å². The highest BCUT2D eigenvalue weighted by atomic mass is 32.1. The van der Waals surface area contributed by atoms with E-state index in [4.69, 9.17) is 4.52 Å². The van der Waals surface area contributed by atoms with Crippen molar-refractivity contribution in [2.75, 3.05) is 5.43 Å². The van der Waals surface area contributed by atoms with E-state index in [1.165, 1.54) is 11.3 Å². The molecule has 0 aliphatic rings. The van der Waals surface area contributed by atoms with Crippen molar-refractivity contribution in [2.24, 2.45) is 5.10 Å². The Labute approximate surface area is 136 Å². The van der Waals surface area contributed by atoms with Crippen molar-refractivity contribution < 1.29 is 9.20 Å². The summed E-state index contributed by atoms with van der Waals surface area (Å²) >= 11 is 1.37. The summed E-state index contributed by atoms with van der Waals surface area (Å²) in [7, 11) is 0. The van der Waals surface area contributed by atoms with Crippen LogP contribution in [0.15, 0.2) is 44.1 Å². The van der Waals surface area contributed by atoms with Crippen LogP contribution in [0.4, 0.5) is 5.13 Å². The SMILES string of the molecule is CC(C)=NNc1nc(-c2c(=O)o[nH][n+]2-c2ccc(C)cc2)cs1. The zero-order valence-corrected chi connectivity index (χ0v) is 13.8. The molecule has 0 aliphatic carbocycles. The second-order valence-electron chi connectivity index (χ2n) is 5.21. The number of H-pyrrole nitrogens is 1. The first-order chi connectivity index (χ1) is 11.0. The Kier molecular flexibility index (Phi) is 4.07. The lowest BCUT2D eigenvalue weighted by molar-refractivity contribution is -0.660. The van der Waals surface area contributed by atoms with Crippen LogP contribution in [0.25, 0.3) is 17.1 Å². The van der Waals surface area contributed by atoms with Crippen molar-refractivity contribution in [1.82, 2.24) is 10.3 Å². The predicted octanol–water partition coefficient (Wildman–Crippen LogP) is 2.48. The fourth-order valence-corrected chi connectivity index (χ4v) is 2.60. The lowest BCUT2D eigenvalue weighted by Gasteiger charge is -1.94. The van der Waals surface area contributed by atoms with Gasteiger partial charge in [0.05, 0.1) is 0 Å². The number of nitrogens with zero attached hydrogens (tertiary/aromatic N) is 3. The van der Waals surface area contributed by atoms with Crippen molar-refractivity contribution in [3.05, 3.63) is 45.6 Å². The van der Waals surface area contributed by atoms with Gasteiger partial charge in [0.15, 0.2) is 5.69 Å². The lowest BCUT2D eigenvalue weighted by Crippen LogP contribution is -2.36. The first-order valence-electron chi connectivity index (χ1n) is 6.98. The number of thiazole rings is 1. The van der Waals surface area contributed by atoms with E-state index in [2.05, 4.69) is 20.8 Å². The van der Waals surface area contributed by atoms with Gasteiger partial charge in [0, 0.05) is 23.2 Å². The van der Waals surface area contributed by atoms with Gasteiger partial charge in [-0.1, -0.05) is 17.7 Å². The molecule has 0 aliphatic heterocycles. The molecular weight excluding hydrogens is 314 g/mol. The number of aryl methyl sites for hydroxylation is 1. The molecule has 8 heteroatoms. The zero-order valence-electron chi connectivity index (χ0n) is 13.0. The summed E-state index contributed by atoms with van der Waals surface area (Å²) in [6.45, 7) is 5.77. The average Bonchev–Trinajstić information content (AvgIpc) is 3.12. The van der Waals surface area contributed by atoms with E-state index >= 15 is 0 Å². The molecule has 118 valence electrons. The van der Waals surface area contributed by atoms with Crippen LogP contribution in [0.2, 0.25) is 0 Å². The van der Waals surface area contributed by atoms with E-state index in [1.807, 2.05) is 45.0 Å². The average molecular weight is 330 g/mol. The molecule has 0 bridgehead atoms. The van der Waals surface area contributed by atoms with Gasteiger partial charge in [0.25, 0.3) is 0 Å². The highest BCUT2D eigenvalue weighted by Crippen LogP contribution is 2.21. The highest BCUT2D eigenvalue weighted by Gasteiger charge is 2.27. The molecule has 7 nitrogen and oxygen atoms in total. The molecule has 0 unspecified atom stereocenters. The maximum atomic E-state index is 12.1. The van der Waals surface area contributed by atoms with Gasteiger partial charge in [0.1, 0.15) is 0 Å². The van der Waals surface area contributed by atoms with E-state index in [9.17, 15) is 4.79 Å². The standard InChI is InChI=1S/C15H15N5O2S/c1-9(2)17-18-15-16-12(8-23-15)13-14(21)22-19-20(13)11-6-4-10(3)5-7-11/h4-8H,1-3H3,(H-,16,18,19,21)/p+1. The highest BCUT2D eigenvalue weighted by molar-refractivity contribution is 7.14. The predicted molar refractivity (Wildman–Crippen MR) is 89.1 cm³/mol. The third-order valence-electron chi connectivity index (χ3n) is 3.06. The summed E-state index contributed by atoms with van der Waals surface area (Å²) in [5.41, 5.74) is 6.06. The quantitative estimate of drug-likeness (QED) is 0.437. The van der Waals surface area contributed by atoms with Crippen molar-refractivity contribution in [3.8, 4) is 17.1 Å². The number of hydrogen-bond donors (Lipinski definition) is 2. The fraction of sp³-hybridized carbons (Fsp3) is 0.200. The molecule has 2 aromatic heterocycles. The topological polar surface area (TPSA) is 87.2 Å². The van der Waals surface area contributed by atoms with Gasteiger partial charge in [-0.25, -0.2) is 9.78 Å². The van der Waals surface area contributed by atoms with Gasteiger partial charge in [-0.3, -0.25) is 9.95 Å². The molecule has 0 spiro atoms. The third kappa shape index (κ3) is 3.21. The largest absolute Gasteiger partial charge is 0.437 e. The van der Waals surface area contributed by atoms with Crippen LogP contribution in [0, 0.1) is 6.92 Å². The summed E-state index contributed by atoms with van der Waals surface area (Å²) in [6.07, 6.45) is 0. The Bertz CT molecular complexity index is 901. The third-order valence-corrected chi connectivity index (χ3v) is 3.81. The van der Waals surface area contributed by atoms with E-state index < -0.39 is 5.63 Å². The summed E-state index contributed by atoms with van der Waals surface area (Å²) < 4.78 is 6.52. The number of hydrazone groups is 1. The molecule has 0 radical (unpaired) electrons. The summed E-state index contributed by atoms with van der Waals surface area (Å²) in [6, 6.07) is 7.73. The van der Waals surface area contributed by atoms with E-state index in [-0.39, 0.29) is 0 Å². The molecule has 0 saturated carbocycles. The summed E-state index contributed by atoms with van der Waals surface area (Å²) in [5, 5.41) is 9.11. The monoisotopic (exact) mass is 330 g/mol. The van der Waals surface area contributed by atoms with Crippen LogP contribution in [0.1, 0.15) is 19.4 Å². The number of hydrogen-bond acceptors (Lipinski definition) is 6. The van der Waals surface area contributed by atoms with Gasteiger partial charge < -0.3 is 0 Å². The number of aromatic amines is 1. The van der Waals surface area contributed by atoms with Gasteiger partial charge in [-0.05, 0) is 30.7 Å². The minimum atomic E-state index is -0.474. The molecule has 0 atom stereocenters. The normalized spacial score (nSPS) is 10.6. The van der Waals surface area contributed by atoms with Gasteiger partial charge in [-0.15, -0.1) is 11.3 Å². The maximum Gasteiger partial charge on any atom is 0.437 e. The smallest absolute Gasteiger partial charge is 0.282 e. The minimum Gasteiger partial charge on any atom is -0.282 e. The zero-order chi connectivity index (χ0) is 16.4. The van der Waals surface area contributed by atoms with Crippen molar-refractivity contribution in [2.45, 2.75) is 20.8 Å². The second-order valence-corrected chi connectivity index (χ2v) is 6.07. The summed E-state index contributed by atoms with van der Waals surface area (Å²) in [4.78, 5) is 16.4. The van der Waals surface area contributed by atoms with Crippen LogP contribution >= 0.6 is 11.3 Å². The Morgan fingerprint density at radius 1 is 1.35 bits per heavy atom. The number of rotatable bonds is 4. The van der Waals surface area contributed by atoms with E-state index in [1.54, 1.807) is 10.1 Å². The number of benzene rings is 1. The van der Waals surface area contributed by atoms with Crippen LogP contribution in [-0.2, 0) is 0 Å². The molecular formula is C15H16N5O2S+. The molecule has 3 aromatic rings. The summed E-state index contributed by atoms with van der Waals surface area (Å²) in [5.74, 6) is 0. The number of nitrogens with one attached hydrogen (secondary N) is 2. The van der Waals surface area contributed by atoms with Gasteiger partial charge in [0.2, 0.25) is 10.8 Å². The molecule has 2 N–H and O–H groups in total. The molecule has 23 heavy (non-hydrogen) atoms. The van der Waals surface area contributed by atoms with E-state index in [0.29, 0.717) is 16.5 Å². The van der Waals surface area contributed by atoms with E-state index in [0.717, 1.165) is 17.0 Å². The van der Waals surface area contributed by atoms with Crippen LogP contribution < -0.4 is 15.7 Å². The molecule has 0 amide bonds. The molecule has 0 saturated heterocycles. The van der Waals surface area contributed by atoms with Crippen LogP contribution in [0.3, 0.4) is 0 Å². The molecule has 3 rings (SSSR count). The van der Waals surface area contributed by atoms with Crippen molar-refractivity contribution in [1.29, 1.82) is 0 Å². The number of anilines is 1. The Morgan fingerprint density at radius 3 is 2.78 bits per heavy atom. The Hall–Kier alpha value is -2.74. The Balaban J connectivity index is 2.00. The Morgan fingerprint density at radius 2 is 2.09 bits per heavy atom. The molecule has 0 fully saturated rings. The van der Waals surface area contributed by atoms with Crippen LogP contribution in [0.5, 0.6) is 0 Å². The fourth-order valence-electron chi connectivity index (χ4n) is 1.96. The minimum absolute atomic E-state index is 0.343. The van der Waals surface area contributed by atoms with Gasteiger partial charge >= 0.3 is 11.3 Å².